The fourth-order valence-corrected chi connectivity index (χ4v) is 6.37. The lowest BCUT2D eigenvalue weighted by atomic mass is 9.72. The molecule has 1 aliphatic heterocycles. The zero-order chi connectivity index (χ0) is 26.0. The molecular formula is C27H44N2O5Si. The zero-order valence-corrected chi connectivity index (χ0v) is 23.8. The fraction of sp³-hybridized carbons (Fsp3) is 0.704. The first kappa shape index (κ1) is 27.7. The third-order valence-electron chi connectivity index (χ3n) is 8.55. The van der Waals surface area contributed by atoms with E-state index >= 15 is 0 Å². The van der Waals surface area contributed by atoms with Gasteiger partial charge >= 0.3 is 0 Å². The van der Waals surface area contributed by atoms with Crippen LogP contribution in [0.4, 0.5) is 0 Å². The minimum atomic E-state index is -2.07. The van der Waals surface area contributed by atoms with E-state index in [1.54, 1.807) is 14.2 Å². The van der Waals surface area contributed by atoms with Gasteiger partial charge in [0.05, 0.1) is 31.6 Å². The Balaban J connectivity index is 2.05. The first-order valence-corrected chi connectivity index (χ1v) is 15.7. The van der Waals surface area contributed by atoms with Gasteiger partial charge in [-0.15, -0.1) is 0 Å². The number of hydrogen-bond acceptors (Lipinski definition) is 6. The monoisotopic (exact) mass is 504 g/mol. The van der Waals surface area contributed by atoms with E-state index in [0.29, 0.717) is 25.7 Å². The molecule has 196 valence electrons. The Hall–Kier alpha value is -1.90. The van der Waals surface area contributed by atoms with E-state index in [1.165, 1.54) is 5.70 Å². The van der Waals surface area contributed by atoms with Gasteiger partial charge in [0, 0.05) is 37.3 Å². The summed E-state index contributed by atoms with van der Waals surface area (Å²) in [4.78, 5) is 15.0. The van der Waals surface area contributed by atoms with Crippen LogP contribution < -0.4 is 4.74 Å². The predicted molar refractivity (Wildman–Crippen MR) is 142 cm³/mol. The molecule has 8 heteroatoms. The van der Waals surface area contributed by atoms with Crippen molar-refractivity contribution in [2.45, 2.75) is 83.1 Å². The first-order chi connectivity index (χ1) is 16.4. The second kappa shape index (κ2) is 11.0. The average molecular weight is 505 g/mol. The summed E-state index contributed by atoms with van der Waals surface area (Å²) in [6.07, 6.45) is 2.85. The van der Waals surface area contributed by atoms with E-state index in [-0.39, 0.29) is 21.8 Å². The Morgan fingerprint density at radius 1 is 1.14 bits per heavy atom. The van der Waals surface area contributed by atoms with Crippen molar-refractivity contribution >= 4 is 8.32 Å². The van der Waals surface area contributed by atoms with E-state index < -0.39 is 14.4 Å². The van der Waals surface area contributed by atoms with E-state index in [4.69, 9.17) is 13.9 Å². The van der Waals surface area contributed by atoms with E-state index in [0.717, 1.165) is 36.3 Å². The quantitative estimate of drug-likeness (QED) is 0.239. The van der Waals surface area contributed by atoms with Gasteiger partial charge in [-0.2, -0.15) is 0 Å². The molecule has 0 unspecified atom stereocenters. The second-order valence-corrected chi connectivity index (χ2v) is 16.4. The molecular weight excluding hydrogens is 460 g/mol. The molecule has 1 aromatic rings. The summed E-state index contributed by atoms with van der Waals surface area (Å²) >= 11 is 0. The number of hydrogen-bond donors (Lipinski definition) is 0. The molecule has 0 saturated carbocycles. The van der Waals surface area contributed by atoms with Gasteiger partial charge in [0.25, 0.3) is 0 Å². The number of nitro groups is 1. The summed E-state index contributed by atoms with van der Waals surface area (Å²) in [5, 5.41) is 12.7. The van der Waals surface area contributed by atoms with Crippen LogP contribution in [0.1, 0.15) is 58.4 Å². The number of methoxy groups -OCH3 is 2. The number of nitrogens with zero attached hydrogens (tertiary/aromatic N) is 2. The highest BCUT2D eigenvalue weighted by molar-refractivity contribution is 6.74. The molecule has 7 nitrogen and oxygen atoms in total. The number of ether oxygens (including phenoxy) is 2. The van der Waals surface area contributed by atoms with Gasteiger partial charge in [-0.25, -0.2) is 0 Å². The lowest BCUT2D eigenvalue weighted by molar-refractivity contribution is -0.536. The summed E-state index contributed by atoms with van der Waals surface area (Å²) in [7, 11) is 1.31. The average Bonchev–Trinajstić information content (AvgIpc) is 3.25. The summed E-state index contributed by atoms with van der Waals surface area (Å²) < 4.78 is 17.5. The molecule has 4 atom stereocenters. The normalized spacial score (nSPS) is 25.8. The maximum absolute atomic E-state index is 12.6. The molecule has 1 heterocycles. The van der Waals surface area contributed by atoms with Gasteiger partial charge in [-0.05, 0) is 61.2 Å². The first-order valence-electron chi connectivity index (χ1n) is 12.8. The topological polar surface area (TPSA) is 74.1 Å². The zero-order valence-electron chi connectivity index (χ0n) is 22.8. The minimum Gasteiger partial charge on any atom is -0.497 e. The molecule has 0 radical (unpaired) electrons. The van der Waals surface area contributed by atoms with Crippen molar-refractivity contribution < 1.29 is 18.8 Å². The molecule has 0 amide bonds. The predicted octanol–water partition coefficient (Wildman–Crippen LogP) is 5.85. The molecule has 0 spiro atoms. The van der Waals surface area contributed by atoms with Gasteiger partial charge in [0.2, 0.25) is 6.04 Å². The van der Waals surface area contributed by atoms with Crippen molar-refractivity contribution in [3.8, 4) is 5.75 Å². The van der Waals surface area contributed by atoms with Crippen molar-refractivity contribution in [3.63, 3.8) is 0 Å². The van der Waals surface area contributed by atoms with Gasteiger partial charge < -0.3 is 18.8 Å². The Morgan fingerprint density at radius 3 is 2.34 bits per heavy atom. The molecule has 1 fully saturated rings. The number of likely N-dealkylation sites (tertiary alicyclic amines) is 1. The maximum atomic E-state index is 12.6. The molecule has 3 rings (SSSR count). The van der Waals surface area contributed by atoms with Crippen LogP contribution in [-0.2, 0) is 9.16 Å². The lowest BCUT2D eigenvalue weighted by Crippen LogP contribution is -2.48. The Morgan fingerprint density at radius 2 is 1.80 bits per heavy atom. The summed E-state index contributed by atoms with van der Waals surface area (Å²) in [5.74, 6) is 0.247. The van der Waals surface area contributed by atoms with E-state index in [9.17, 15) is 10.1 Å². The lowest BCUT2D eigenvalue weighted by Gasteiger charge is -2.42. The Kier molecular flexibility index (Phi) is 8.71. The van der Waals surface area contributed by atoms with Crippen LogP contribution in [0, 0.1) is 16.0 Å². The molecule has 1 aromatic carbocycles. The number of benzene rings is 1. The standard InChI is InChI=1S/C27H44N2O5Si/c1-19-24(18-34-35(7,8)27(2,3)4)26(29(30)31)23(20-11-13-22(33-6)14-12-20)16-25(19)28-15-9-10-21(28)17-32-5/h11-14,21,23-24,26H,9-10,15-18H2,1-8H3/t21-,23+,24-,26+/m0/s1. The van der Waals surface area contributed by atoms with Crippen LogP contribution in [0.15, 0.2) is 35.5 Å². The molecule has 1 saturated heterocycles. The maximum Gasteiger partial charge on any atom is 0.228 e. The summed E-state index contributed by atoms with van der Waals surface area (Å²) in [6, 6.07) is 7.36. The molecule has 35 heavy (non-hydrogen) atoms. The van der Waals surface area contributed by atoms with Crippen molar-refractivity contribution in [1.29, 1.82) is 0 Å². The van der Waals surface area contributed by atoms with Crippen molar-refractivity contribution in [1.82, 2.24) is 4.90 Å². The van der Waals surface area contributed by atoms with Crippen molar-refractivity contribution in [2.24, 2.45) is 5.92 Å². The van der Waals surface area contributed by atoms with Crippen LogP contribution in [0.25, 0.3) is 0 Å². The van der Waals surface area contributed by atoms with Crippen LogP contribution in [0.5, 0.6) is 5.75 Å². The van der Waals surface area contributed by atoms with Gasteiger partial charge in [-0.1, -0.05) is 32.9 Å². The second-order valence-electron chi connectivity index (χ2n) is 11.6. The van der Waals surface area contributed by atoms with Crippen LogP contribution >= 0.6 is 0 Å². The third kappa shape index (κ3) is 5.92. The highest BCUT2D eigenvalue weighted by Gasteiger charge is 2.49. The van der Waals surface area contributed by atoms with Gasteiger partial charge in [0.1, 0.15) is 5.75 Å². The highest BCUT2D eigenvalue weighted by Crippen LogP contribution is 2.46. The van der Waals surface area contributed by atoms with Crippen LogP contribution in [0.3, 0.4) is 0 Å². The number of rotatable bonds is 9. The minimum absolute atomic E-state index is 0.0418. The SMILES string of the molecule is COC[C@@H]1CCCN1C1=C(C)[C@H](CO[Si](C)(C)C(C)(C)C)[C@H]([N+](=O)[O-])[C@@H](c2ccc(OC)cc2)C1. The summed E-state index contributed by atoms with van der Waals surface area (Å²) in [5.41, 5.74) is 3.34. The van der Waals surface area contributed by atoms with Crippen LogP contribution in [0.2, 0.25) is 18.1 Å². The Bertz CT molecular complexity index is 909. The van der Waals surface area contributed by atoms with E-state index in [2.05, 4.69) is 45.7 Å². The van der Waals surface area contributed by atoms with Crippen molar-refractivity contribution in [2.75, 3.05) is 34.0 Å². The molecule has 0 N–H and O–H groups in total. The largest absolute Gasteiger partial charge is 0.497 e. The molecule has 0 bridgehead atoms. The third-order valence-corrected chi connectivity index (χ3v) is 13.1. The fourth-order valence-electron chi connectivity index (χ4n) is 5.34. The molecule has 1 aliphatic carbocycles. The Labute approximate surface area is 212 Å². The molecule has 0 aromatic heterocycles. The molecule has 2 aliphatic rings. The van der Waals surface area contributed by atoms with Crippen molar-refractivity contribution in [3.05, 3.63) is 51.2 Å². The number of allylic oxidation sites excluding steroid dienone is 1. The van der Waals surface area contributed by atoms with Gasteiger partial charge in [0.15, 0.2) is 8.32 Å². The van der Waals surface area contributed by atoms with E-state index in [1.807, 2.05) is 24.3 Å². The van der Waals surface area contributed by atoms with Crippen LogP contribution in [-0.4, -0.2) is 64.2 Å². The van der Waals surface area contributed by atoms with Gasteiger partial charge in [-0.3, -0.25) is 10.1 Å². The smallest absolute Gasteiger partial charge is 0.228 e. The summed E-state index contributed by atoms with van der Waals surface area (Å²) in [6.45, 7) is 15.2. The highest BCUT2D eigenvalue weighted by atomic mass is 28.4.